The highest BCUT2D eigenvalue weighted by molar-refractivity contribution is 6.11. The zero-order valence-electron chi connectivity index (χ0n) is 18.9. The molecule has 0 unspecified atom stereocenters. The van der Waals surface area contributed by atoms with Crippen molar-refractivity contribution in [2.75, 3.05) is 18.0 Å². The third kappa shape index (κ3) is 3.68. The van der Waals surface area contributed by atoms with Gasteiger partial charge in [0.25, 0.3) is 5.91 Å². The maximum Gasteiger partial charge on any atom is 0.354 e. The number of fused-ring (bicyclic) bond motifs is 1. The minimum atomic E-state index is -1.13. The molecular weight excluding hydrogens is 450 g/mol. The Kier molecular flexibility index (Phi) is 5.25. The SMILES string of the molecule is C[C@H]1CNC[C@H]1N(C(=O)C1(C#N)CC1)c1c(C(N)=O)cnn2cc(-c3ccc(C(=O)O)nc3)cc12. The number of nitriles is 1. The van der Waals surface area contributed by atoms with Gasteiger partial charge in [0.1, 0.15) is 11.1 Å². The summed E-state index contributed by atoms with van der Waals surface area (Å²) in [7, 11) is 0. The van der Waals surface area contributed by atoms with Gasteiger partial charge in [0.05, 0.1) is 35.1 Å². The Hall–Kier alpha value is -4.30. The molecule has 0 aromatic carbocycles. The third-order valence-corrected chi connectivity index (χ3v) is 6.83. The van der Waals surface area contributed by atoms with Crippen molar-refractivity contribution in [3.05, 3.63) is 48.0 Å². The number of aromatic nitrogens is 3. The Bertz CT molecular complexity index is 1400. The second-order valence-corrected chi connectivity index (χ2v) is 9.14. The maximum absolute atomic E-state index is 13.8. The molecule has 0 bridgehead atoms. The number of nitrogens with one attached hydrogen (secondary N) is 1. The van der Waals surface area contributed by atoms with Crippen molar-refractivity contribution in [3.63, 3.8) is 0 Å². The van der Waals surface area contributed by atoms with Gasteiger partial charge in [-0.25, -0.2) is 14.3 Å². The lowest BCUT2D eigenvalue weighted by Crippen LogP contribution is -2.48. The number of carbonyl (C=O) groups excluding carboxylic acids is 2. The first-order valence-corrected chi connectivity index (χ1v) is 11.2. The van der Waals surface area contributed by atoms with E-state index in [-0.39, 0.29) is 29.1 Å². The molecule has 2 atom stereocenters. The van der Waals surface area contributed by atoms with E-state index in [9.17, 15) is 19.6 Å². The van der Waals surface area contributed by atoms with Gasteiger partial charge in [-0.2, -0.15) is 10.4 Å². The summed E-state index contributed by atoms with van der Waals surface area (Å²) in [6, 6.07) is 6.67. The summed E-state index contributed by atoms with van der Waals surface area (Å²) in [5.41, 5.74) is 6.71. The van der Waals surface area contributed by atoms with Crippen LogP contribution in [0, 0.1) is 22.7 Å². The van der Waals surface area contributed by atoms with Crippen molar-refractivity contribution in [1.29, 1.82) is 5.26 Å². The molecule has 35 heavy (non-hydrogen) atoms. The van der Waals surface area contributed by atoms with Crippen LogP contribution in [0.25, 0.3) is 16.6 Å². The van der Waals surface area contributed by atoms with Gasteiger partial charge in [-0.15, -0.1) is 0 Å². The average molecular weight is 473 g/mol. The summed E-state index contributed by atoms with van der Waals surface area (Å²) in [6.45, 7) is 3.21. The van der Waals surface area contributed by atoms with Crippen LogP contribution >= 0.6 is 0 Å². The molecule has 1 saturated carbocycles. The smallest absolute Gasteiger partial charge is 0.354 e. The Morgan fingerprint density at radius 1 is 1.26 bits per heavy atom. The van der Waals surface area contributed by atoms with Crippen molar-refractivity contribution in [1.82, 2.24) is 19.9 Å². The molecule has 4 N–H and O–H groups in total. The number of nitrogens with two attached hydrogens (primary N) is 1. The molecule has 3 aromatic rings. The van der Waals surface area contributed by atoms with Gasteiger partial charge in [0.2, 0.25) is 5.91 Å². The van der Waals surface area contributed by atoms with E-state index < -0.39 is 17.3 Å². The Morgan fingerprint density at radius 3 is 2.57 bits per heavy atom. The molecule has 3 aromatic heterocycles. The lowest BCUT2D eigenvalue weighted by molar-refractivity contribution is -0.122. The molecule has 1 aliphatic heterocycles. The summed E-state index contributed by atoms with van der Waals surface area (Å²) in [5.74, 6) is -2.13. The zero-order chi connectivity index (χ0) is 24.9. The van der Waals surface area contributed by atoms with Crippen molar-refractivity contribution >= 4 is 29.0 Å². The number of hydrogen-bond acceptors (Lipinski definition) is 7. The fourth-order valence-electron chi connectivity index (χ4n) is 4.61. The molecule has 4 heterocycles. The van der Waals surface area contributed by atoms with E-state index in [0.717, 1.165) is 0 Å². The van der Waals surface area contributed by atoms with Crippen molar-refractivity contribution in [2.45, 2.75) is 25.8 Å². The number of nitrogens with zero attached hydrogens (tertiary/aromatic N) is 5. The lowest BCUT2D eigenvalue weighted by Gasteiger charge is -2.34. The van der Waals surface area contributed by atoms with Crippen molar-refractivity contribution < 1.29 is 19.5 Å². The first kappa shape index (κ1) is 22.5. The van der Waals surface area contributed by atoms with Gasteiger partial charge in [0.15, 0.2) is 0 Å². The van der Waals surface area contributed by atoms with E-state index in [0.29, 0.717) is 48.3 Å². The lowest BCUT2D eigenvalue weighted by atomic mass is 9.98. The van der Waals surface area contributed by atoms with E-state index in [4.69, 9.17) is 10.8 Å². The van der Waals surface area contributed by atoms with Crippen LogP contribution < -0.4 is 16.0 Å². The van der Waals surface area contributed by atoms with Crippen LogP contribution in [0.1, 0.15) is 40.6 Å². The molecule has 11 heteroatoms. The fraction of sp³-hybridized carbons (Fsp3) is 0.333. The number of carboxylic acids is 1. The van der Waals surface area contributed by atoms with Crippen molar-refractivity contribution in [2.24, 2.45) is 17.1 Å². The van der Waals surface area contributed by atoms with Crippen LogP contribution in [0.5, 0.6) is 0 Å². The van der Waals surface area contributed by atoms with E-state index >= 15 is 0 Å². The number of aromatic carboxylic acids is 1. The van der Waals surface area contributed by atoms with Crippen LogP contribution in [0.3, 0.4) is 0 Å². The monoisotopic (exact) mass is 473 g/mol. The van der Waals surface area contributed by atoms with Crippen LogP contribution in [-0.4, -0.2) is 56.6 Å². The molecule has 2 fully saturated rings. The van der Waals surface area contributed by atoms with Gasteiger partial charge in [0, 0.05) is 30.1 Å². The van der Waals surface area contributed by atoms with E-state index in [1.54, 1.807) is 27.7 Å². The fourth-order valence-corrected chi connectivity index (χ4v) is 4.61. The van der Waals surface area contributed by atoms with Gasteiger partial charge >= 0.3 is 5.97 Å². The van der Waals surface area contributed by atoms with E-state index in [1.165, 1.54) is 18.5 Å². The number of primary amides is 1. The Morgan fingerprint density at radius 2 is 2.03 bits per heavy atom. The summed E-state index contributed by atoms with van der Waals surface area (Å²) in [5, 5.41) is 26.5. The number of pyridine rings is 1. The van der Waals surface area contributed by atoms with Gasteiger partial charge in [-0.3, -0.25) is 9.59 Å². The van der Waals surface area contributed by atoms with Crippen LogP contribution in [0.2, 0.25) is 0 Å². The predicted molar refractivity (Wildman–Crippen MR) is 124 cm³/mol. The molecule has 1 aliphatic carbocycles. The second-order valence-electron chi connectivity index (χ2n) is 9.14. The van der Waals surface area contributed by atoms with E-state index in [2.05, 4.69) is 21.5 Å². The third-order valence-electron chi connectivity index (χ3n) is 6.83. The summed E-state index contributed by atoms with van der Waals surface area (Å²) >= 11 is 0. The summed E-state index contributed by atoms with van der Waals surface area (Å²) < 4.78 is 1.54. The maximum atomic E-state index is 13.8. The number of anilines is 1. The molecule has 0 spiro atoms. The molecule has 11 nitrogen and oxygen atoms in total. The number of carboxylic acid groups (broad SMARTS) is 1. The molecular formula is C24H23N7O4. The number of carbonyl (C=O) groups is 3. The number of amides is 2. The highest BCUT2D eigenvalue weighted by Crippen LogP contribution is 2.49. The highest BCUT2D eigenvalue weighted by atomic mass is 16.4. The largest absolute Gasteiger partial charge is 0.477 e. The van der Waals surface area contributed by atoms with Gasteiger partial charge in [-0.05, 0) is 37.4 Å². The molecule has 2 amide bonds. The molecule has 178 valence electrons. The molecule has 1 saturated heterocycles. The predicted octanol–water partition coefficient (Wildman–Crippen LogP) is 1.44. The number of rotatable bonds is 6. The summed E-state index contributed by atoms with van der Waals surface area (Å²) in [6.07, 6.45) is 5.41. The van der Waals surface area contributed by atoms with Gasteiger partial charge in [-0.1, -0.05) is 13.0 Å². The normalized spacial score (nSPS) is 20.3. The van der Waals surface area contributed by atoms with Crippen LogP contribution in [-0.2, 0) is 4.79 Å². The molecule has 0 radical (unpaired) electrons. The summed E-state index contributed by atoms with van der Waals surface area (Å²) in [4.78, 5) is 43.0. The minimum Gasteiger partial charge on any atom is -0.477 e. The second kappa shape index (κ2) is 8.18. The van der Waals surface area contributed by atoms with Crippen molar-refractivity contribution in [3.8, 4) is 17.2 Å². The van der Waals surface area contributed by atoms with E-state index in [1.807, 2.05) is 6.92 Å². The van der Waals surface area contributed by atoms with Crippen LogP contribution in [0.4, 0.5) is 5.69 Å². The Balaban J connectivity index is 1.71. The molecule has 5 rings (SSSR count). The number of hydrogen-bond donors (Lipinski definition) is 3. The Labute approximate surface area is 200 Å². The zero-order valence-corrected chi connectivity index (χ0v) is 18.9. The average Bonchev–Trinajstić information content (AvgIpc) is 3.35. The highest BCUT2D eigenvalue weighted by Gasteiger charge is 2.55. The first-order valence-electron chi connectivity index (χ1n) is 11.2. The molecule has 2 aliphatic rings. The van der Waals surface area contributed by atoms with Gasteiger partial charge < -0.3 is 21.1 Å². The standard InChI is InChI=1S/C24H23N7O4/c1-13-7-27-10-19(13)31(23(35)24(12-25)4-5-24)20-16(21(26)32)9-29-30-11-15(6-18(20)30)14-2-3-17(22(33)34)28-8-14/h2-3,6,8-9,11,13,19,27H,4-5,7,10H2,1H3,(H2,26,32)(H,33,34)/t13-,19+/m0/s1. The quantitative estimate of drug-likeness (QED) is 0.483. The minimum absolute atomic E-state index is 0.0737. The first-order chi connectivity index (χ1) is 16.8. The topological polar surface area (TPSA) is 167 Å². The van der Waals surface area contributed by atoms with Crippen LogP contribution in [0.15, 0.2) is 36.8 Å².